The van der Waals surface area contributed by atoms with Crippen LogP contribution >= 0.6 is 0 Å². The maximum Gasteiger partial charge on any atom is 0.323 e. The van der Waals surface area contributed by atoms with Crippen LogP contribution in [0.2, 0.25) is 0 Å². The minimum atomic E-state index is -0.543. The fraction of sp³-hybridized carbons (Fsp3) is 0.938. The molecule has 2 N–H and O–H groups in total. The second kappa shape index (κ2) is 4.21. The summed E-state index contributed by atoms with van der Waals surface area (Å²) < 4.78 is 5.81. The van der Waals surface area contributed by atoms with Gasteiger partial charge in [0.1, 0.15) is 12.1 Å². The molecule has 2 aliphatic carbocycles. The monoisotopic (exact) mass is 267 g/mol. The Bertz CT molecular complexity index is 383. The molecule has 3 heteroatoms. The summed E-state index contributed by atoms with van der Waals surface area (Å²) in [4.78, 5) is 12.2. The normalized spacial score (nSPS) is 38.3. The number of rotatable bonds is 2. The van der Waals surface area contributed by atoms with E-state index in [1.807, 2.05) is 20.8 Å². The van der Waals surface area contributed by atoms with E-state index in [9.17, 15) is 4.79 Å². The van der Waals surface area contributed by atoms with Crippen LogP contribution < -0.4 is 5.73 Å². The molecule has 110 valence electrons. The van der Waals surface area contributed by atoms with Gasteiger partial charge in [0.25, 0.3) is 0 Å². The van der Waals surface area contributed by atoms with Crippen LogP contribution in [0.15, 0.2) is 0 Å². The smallest absolute Gasteiger partial charge is 0.323 e. The largest absolute Gasteiger partial charge is 0.461 e. The lowest BCUT2D eigenvalue weighted by atomic mass is 9.70. The molecule has 2 aliphatic rings. The summed E-state index contributed by atoms with van der Waals surface area (Å²) >= 11 is 0. The molecule has 0 aliphatic heterocycles. The topological polar surface area (TPSA) is 52.3 Å². The first-order chi connectivity index (χ1) is 8.50. The Morgan fingerprint density at radius 2 is 1.89 bits per heavy atom. The van der Waals surface area contributed by atoms with Gasteiger partial charge in [-0.1, -0.05) is 41.5 Å². The zero-order valence-corrected chi connectivity index (χ0v) is 13.2. The van der Waals surface area contributed by atoms with Crippen LogP contribution in [0, 0.1) is 22.2 Å². The summed E-state index contributed by atoms with van der Waals surface area (Å²) in [6, 6.07) is -0.543. The molecule has 0 radical (unpaired) electrons. The molecule has 0 spiro atoms. The van der Waals surface area contributed by atoms with Gasteiger partial charge in [0.15, 0.2) is 0 Å². The van der Waals surface area contributed by atoms with Crippen molar-refractivity contribution >= 4 is 5.97 Å². The van der Waals surface area contributed by atoms with Gasteiger partial charge in [0.05, 0.1) is 0 Å². The highest BCUT2D eigenvalue weighted by atomic mass is 16.5. The molecule has 2 saturated carbocycles. The number of fused-ring (bicyclic) bond motifs is 2. The molecule has 0 saturated heterocycles. The first-order valence-corrected chi connectivity index (χ1v) is 7.46. The van der Waals surface area contributed by atoms with Crippen molar-refractivity contribution in [2.24, 2.45) is 27.9 Å². The van der Waals surface area contributed by atoms with Gasteiger partial charge >= 0.3 is 5.97 Å². The van der Waals surface area contributed by atoms with Crippen molar-refractivity contribution in [3.8, 4) is 0 Å². The summed E-state index contributed by atoms with van der Waals surface area (Å²) in [7, 11) is 0. The highest BCUT2D eigenvalue weighted by Crippen LogP contribution is 2.66. The van der Waals surface area contributed by atoms with Crippen molar-refractivity contribution in [3.63, 3.8) is 0 Å². The van der Waals surface area contributed by atoms with Crippen molar-refractivity contribution < 1.29 is 9.53 Å². The van der Waals surface area contributed by atoms with Crippen LogP contribution in [-0.4, -0.2) is 18.1 Å². The van der Waals surface area contributed by atoms with Gasteiger partial charge in [-0.3, -0.25) is 4.79 Å². The highest BCUT2D eigenvalue weighted by molar-refractivity contribution is 5.76. The average Bonchev–Trinajstić information content (AvgIpc) is 2.59. The predicted octanol–water partition coefficient (Wildman–Crippen LogP) is 3.12. The molecule has 3 nitrogen and oxygen atoms in total. The lowest BCUT2D eigenvalue weighted by Gasteiger charge is -2.39. The first-order valence-electron chi connectivity index (χ1n) is 7.46. The van der Waals surface area contributed by atoms with E-state index in [-0.39, 0.29) is 28.3 Å². The Morgan fingerprint density at radius 3 is 2.26 bits per heavy atom. The van der Waals surface area contributed by atoms with E-state index in [1.165, 1.54) is 6.42 Å². The molecule has 0 aromatic rings. The van der Waals surface area contributed by atoms with Gasteiger partial charge in [0, 0.05) is 5.41 Å². The number of hydrogen-bond donors (Lipinski definition) is 1. The lowest BCUT2D eigenvalue weighted by molar-refractivity contribution is -0.161. The molecule has 4 atom stereocenters. The van der Waals surface area contributed by atoms with Gasteiger partial charge < -0.3 is 10.5 Å². The van der Waals surface area contributed by atoms with Gasteiger partial charge in [-0.2, -0.15) is 0 Å². The molecule has 0 amide bonds. The number of carbonyl (C=O) groups excluding carboxylic acids is 1. The summed E-state index contributed by atoms with van der Waals surface area (Å²) in [5, 5.41) is 0. The minimum absolute atomic E-state index is 0.0437. The third kappa shape index (κ3) is 2.10. The number of esters is 1. The summed E-state index contributed by atoms with van der Waals surface area (Å²) in [6.07, 6.45) is 3.48. The summed E-state index contributed by atoms with van der Waals surface area (Å²) in [5.41, 5.74) is 6.15. The first kappa shape index (κ1) is 14.8. The van der Waals surface area contributed by atoms with Gasteiger partial charge in [-0.25, -0.2) is 0 Å². The second-order valence-corrected chi connectivity index (χ2v) is 8.38. The molecule has 0 aromatic heterocycles. The summed E-state index contributed by atoms with van der Waals surface area (Å²) in [5.74, 6) is 0.447. The van der Waals surface area contributed by atoms with Gasteiger partial charge in [-0.05, 0) is 36.0 Å². The van der Waals surface area contributed by atoms with Crippen molar-refractivity contribution in [3.05, 3.63) is 0 Å². The number of hydrogen-bond acceptors (Lipinski definition) is 3. The zero-order chi connectivity index (χ0) is 14.6. The minimum Gasteiger partial charge on any atom is -0.461 e. The molecule has 2 rings (SSSR count). The predicted molar refractivity (Wildman–Crippen MR) is 76.5 cm³/mol. The Hall–Kier alpha value is -0.570. The third-order valence-electron chi connectivity index (χ3n) is 6.16. The second-order valence-electron chi connectivity index (χ2n) is 8.38. The molecular weight excluding hydrogens is 238 g/mol. The molecule has 3 unspecified atom stereocenters. The zero-order valence-electron chi connectivity index (χ0n) is 13.2. The van der Waals surface area contributed by atoms with Crippen molar-refractivity contribution in [1.82, 2.24) is 0 Å². The van der Waals surface area contributed by atoms with E-state index in [0.29, 0.717) is 5.92 Å². The summed E-state index contributed by atoms with van der Waals surface area (Å²) in [6.45, 7) is 12.9. The van der Waals surface area contributed by atoms with E-state index in [4.69, 9.17) is 10.5 Å². The molecule has 0 heterocycles. The number of nitrogens with two attached hydrogens (primary N) is 1. The van der Waals surface area contributed by atoms with Crippen LogP contribution in [0.1, 0.15) is 60.8 Å². The standard InChI is InChI=1S/C16H29NO2/c1-14(2,3)12(17)13(18)19-11-9-10-7-8-16(11,6)15(10,4)5/h10-12H,7-9,17H2,1-6H3/t10?,11?,12-,16?/m1/s1. The Morgan fingerprint density at radius 1 is 1.32 bits per heavy atom. The number of ether oxygens (including phenoxy) is 1. The van der Waals surface area contributed by atoms with Crippen molar-refractivity contribution in [1.29, 1.82) is 0 Å². The van der Waals surface area contributed by atoms with Gasteiger partial charge in [0.2, 0.25) is 0 Å². The van der Waals surface area contributed by atoms with E-state index in [0.717, 1.165) is 12.8 Å². The number of carbonyl (C=O) groups is 1. The maximum absolute atomic E-state index is 12.2. The molecule has 19 heavy (non-hydrogen) atoms. The van der Waals surface area contributed by atoms with Crippen molar-refractivity contribution in [2.75, 3.05) is 0 Å². The van der Waals surface area contributed by atoms with Crippen LogP contribution in [0.3, 0.4) is 0 Å². The van der Waals surface area contributed by atoms with Crippen LogP contribution in [0.5, 0.6) is 0 Å². The van der Waals surface area contributed by atoms with Crippen molar-refractivity contribution in [2.45, 2.75) is 73.0 Å². The average molecular weight is 267 g/mol. The lowest BCUT2D eigenvalue weighted by Crippen LogP contribution is -2.47. The highest BCUT2D eigenvalue weighted by Gasteiger charge is 2.63. The van der Waals surface area contributed by atoms with Crippen LogP contribution in [0.4, 0.5) is 0 Å². The van der Waals surface area contributed by atoms with Crippen LogP contribution in [-0.2, 0) is 9.53 Å². The third-order valence-corrected chi connectivity index (χ3v) is 6.16. The SMILES string of the molecule is CC(C)(C)[C@H](N)C(=O)OC1CC2CCC1(C)C2(C)C. The fourth-order valence-electron chi connectivity index (χ4n) is 3.88. The Balaban J connectivity index is 2.09. The molecule has 2 bridgehead atoms. The van der Waals surface area contributed by atoms with E-state index in [2.05, 4.69) is 20.8 Å². The van der Waals surface area contributed by atoms with E-state index >= 15 is 0 Å². The molecule has 2 fully saturated rings. The fourth-order valence-corrected chi connectivity index (χ4v) is 3.88. The quantitative estimate of drug-likeness (QED) is 0.782. The van der Waals surface area contributed by atoms with E-state index in [1.54, 1.807) is 0 Å². The molecular formula is C16H29NO2. The van der Waals surface area contributed by atoms with E-state index < -0.39 is 6.04 Å². The van der Waals surface area contributed by atoms with Crippen LogP contribution in [0.25, 0.3) is 0 Å². The van der Waals surface area contributed by atoms with Gasteiger partial charge in [-0.15, -0.1) is 0 Å². The maximum atomic E-state index is 12.2. The molecule has 0 aromatic carbocycles. The Labute approximate surface area is 117 Å². The Kier molecular flexibility index (Phi) is 3.29.